The van der Waals surface area contributed by atoms with Gasteiger partial charge < -0.3 is 15.0 Å². The Morgan fingerprint density at radius 2 is 1.81 bits per heavy atom. The van der Waals surface area contributed by atoms with Gasteiger partial charge in [-0.25, -0.2) is 4.98 Å². The van der Waals surface area contributed by atoms with Crippen LogP contribution in [0.15, 0.2) is 29.1 Å². The zero-order valence-corrected chi connectivity index (χ0v) is 16.6. The molecule has 3 aromatic rings. The molecule has 1 aliphatic rings. The third-order valence-electron chi connectivity index (χ3n) is 5.53. The molecule has 0 amide bonds. The fourth-order valence-electron chi connectivity index (χ4n) is 3.67. The number of benzene rings is 1. The van der Waals surface area contributed by atoms with Gasteiger partial charge in [-0.2, -0.15) is 0 Å². The maximum atomic E-state index is 12.5. The van der Waals surface area contributed by atoms with Crippen LogP contribution in [0, 0.1) is 13.8 Å². The second-order valence-corrected chi connectivity index (χ2v) is 8.33. The number of phenolic OH excluding ortho intramolecular Hbond substituents is 1. The maximum Gasteiger partial charge on any atom is 0.259 e. The van der Waals surface area contributed by atoms with E-state index in [0.29, 0.717) is 0 Å². The van der Waals surface area contributed by atoms with Crippen LogP contribution < -0.4 is 10.5 Å². The lowest BCUT2D eigenvalue weighted by molar-refractivity contribution is 0.192. The number of aromatic amines is 1. The van der Waals surface area contributed by atoms with Gasteiger partial charge in [0.25, 0.3) is 5.56 Å². The summed E-state index contributed by atoms with van der Waals surface area (Å²) in [5, 5.41) is 10.2. The van der Waals surface area contributed by atoms with Crippen LogP contribution in [0.2, 0.25) is 0 Å². The van der Waals surface area contributed by atoms with E-state index >= 15 is 0 Å². The molecule has 2 aromatic heterocycles. The second-order valence-electron chi connectivity index (χ2n) is 7.13. The van der Waals surface area contributed by atoms with Crippen molar-refractivity contribution in [2.45, 2.75) is 26.8 Å². The van der Waals surface area contributed by atoms with Crippen LogP contribution in [0.3, 0.4) is 0 Å². The highest BCUT2D eigenvalue weighted by atomic mass is 32.1. The number of aromatic nitrogens is 2. The maximum absolute atomic E-state index is 12.5. The minimum Gasteiger partial charge on any atom is -0.508 e. The van der Waals surface area contributed by atoms with Gasteiger partial charge in [0.05, 0.1) is 11.4 Å². The van der Waals surface area contributed by atoms with Crippen LogP contribution in [0.25, 0.3) is 10.2 Å². The zero-order valence-electron chi connectivity index (χ0n) is 15.8. The predicted octanol–water partition coefficient (Wildman–Crippen LogP) is 3.19. The fraction of sp³-hybridized carbons (Fsp3) is 0.400. The zero-order chi connectivity index (χ0) is 19.1. The van der Waals surface area contributed by atoms with E-state index in [-0.39, 0.29) is 17.4 Å². The molecule has 0 bridgehead atoms. The number of hydrogen-bond acceptors (Lipinski definition) is 6. The quantitative estimate of drug-likeness (QED) is 0.726. The first-order valence-corrected chi connectivity index (χ1v) is 10.0. The van der Waals surface area contributed by atoms with Gasteiger partial charge in [-0.05, 0) is 50.6 Å². The van der Waals surface area contributed by atoms with E-state index in [2.05, 4.69) is 21.7 Å². The molecule has 1 atom stereocenters. The Labute approximate surface area is 162 Å². The lowest BCUT2D eigenvalue weighted by Crippen LogP contribution is -2.47. The molecule has 1 unspecified atom stereocenters. The lowest BCUT2D eigenvalue weighted by Gasteiger charge is -2.38. The smallest absolute Gasteiger partial charge is 0.259 e. The molecule has 7 heteroatoms. The largest absolute Gasteiger partial charge is 0.508 e. The van der Waals surface area contributed by atoms with Crippen LogP contribution >= 0.6 is 11.3 Å². The van der Waals surface area contributed by atoms with Crippen molar-refractivity contribution in [1.29, 1.82) is 0 Å². The summed E-state index contributed by atoms with van der Waals surface area (Å²) in [5.74, 6) is 1.03. The molecule has 1 fully saturated rings. The second kappa shape index (κ2) is 6.98. The number of hydrogen-bond donors (Lipinski definition) is 2. The molecule has 1 aromatic carbocycles. The van der Waals surface area contributed by atoms with E-state index in [4.69, 9.17) is 4.98 Å². The van der Waals surface area contributed by atoms with E-state index in [1.807, 2.05) is 26.0 Å². The van der Waals surface area contributed by atoms with Gasteiger partial charge in [0.2, 0.25) is 0 Å². The molecule has 1 saturated heterocycles. The average Bonchev–Trinajstić information content (AvgIpc) is 2.96. The number of rotatable bonds is 3. The first kappa shape index (κ1) is 18.0. The normalized spacial score (nSPS) is 16.8. The van der Waals surface area contributed by atoms with Crippen molar-refractivity contribution in [3.8, 4) is 5.75 Å². The van der Waals surface area contributed by atoms with Crippen LogP contribution in [0.5, 0.6) is 5.75 Å². The molecule has 6 nitrogen and oxygen atoms in total. The fourth-order valence-corrected chi connectivity index (χ4v) is 4.71. The van der Waals surface area contributed by atoms with Crippen LogP contribution in [0.4, 0.5) is 5.69 Å². The number of piperazine rings is 1. The standard InChI is InChI=1S/C20H24N4O2S/c1-12-14(3)27-20-17(12)19(26)21-18(22-20)13(2)23-8-10-24(11-9-23)15-4-6-16(25)7-5-15/h4-7,13,25H,8-11H2,1-3H3,(H,21,22,26). The van der Waals surface area contributed by atoms with Gasteiger partial charge in [-0.1, -0.05) is 0 Å². The summed E-state index contributed by atoms with van der Waals surface area (Å²) in [4.78, 5) is 27.0. The van der Waals surface area contributed by atoms with Gasteiger partial charge in [0.15, 0.2) is 0 Å². The highest BCUT2D eigenvalue weighted by molar-refractivity contribution is 7.18. The van der Waals surface area contributed by atoms with Crippen molar-refractivity contribution in [1.82, 2.24) is 14.9 Å². The minimum atomic E-state index is -0.0357. The number of nitrogens with one attached hydrogen (secondary N) is 1. The van der Waals surface area contributed by atoms with Crippen molar-refractivity contribution >= 4 is 27.2 Å². The van der Waals surface area contributed by atoms with Crippen molar-refractivity contribution in [2.75, 3.05) is 31.1 Å². The Morgan fingerprint density at radius 3 is 2.48 bits per heavy atom. The molecule has 0 spiro atoms. The van der Waals surface area contributed by atoms with Gasteiger partial charge >= 0.3 is 0 Å². The van der Waals surface area contributed by atoms with Gasteiger partial charge in [-0.15, -0.1) is 11.3 Å². The molecular weight excluding hydrogens is 360 g/mol. The first-order valence-electron chi connectivity index (χ1n) is 9.22. The Bertz CT molecular complexity index is 1020. The Balaban J connectivity index is 1.51. The van der Waals surface area contributed by atoms with E-state index in [1.165, 1.54) is 0 Å². The number of H-pyrrole nitrogens is 1. The van der Waals surface area contributed by atoms with E-state index in [9.17, 15) is 9.90 Å². The first-order chi connectivity index (χ1) is 12.9. The third-order valence-corrected chi connectivity index (χ3v) is 6.63. The van der Waals surface area contributed by atoms with Crippen molar-refractivity contribution in [2.24, 2.45) is 0 Å². The van der Waals surface area contributed by atoms with Crippen molar-refractivity contribution < 1.29 is 5.11 Å². The van der Waals surface area contributed by atoms with E-state index in [1.54, 1.807) is 23.5 Å². The van der Waals surface area contributed by atoms with Crippen LogP contribution in [-0.2, 0) is 0 Å². The van der Waals surface area contributed by atoms with Gasteiger partial charge in [-0.3, -0.25) is 9.69 Å². The highest BCUT2D eigenvalue weighted by Crippen LogP contribution is 2.28. The Hall–Kier alpha value is -2.38. The van der Waals surface area contributed by atoms with E-state index in [0.717, 1.165) is 58.3 Å². The molecule has 0 aliphatic carbocycles. The van der Waals surface area contributed by atoms with Crippen molar-refractivity contribution in [3.63, 3.8) is 0 Å². The molecule has 0 saturated carbocycles. The minimum absolute atomic E-state index is 0.0357. The summed E-state index contributed by atoms with van der Waals surface area (Å²) >= 11 is 1.59. The third kappa shape index (κ3) is 3.33. The summed E-state index contributed by atoms with van der Waals surface area (Å²) in [7, 11) is 0. The Morgan fingerprint density at radius 1 is 1.15 bits per heavy atom. The molecule has 3 heterocycles. The average molecular weight is 385 g/mol. The summed E-state index contributed by atoms with van der Waals surface area (Å²) in [6.45, 7) is 9.72. The molecule has 142 valence electrons. The van der Waals surface area contributed by atoms with Gasteiger partial charge in [0.1, 0.15) is 16.4 Å². The van der Waals surface area contributed by atoms with E-state index < -0.39 is 0 Å². The highest BCUT2D eigenvalue weighted by Gasteiger charge is 2.24. The summed E-state index contributed by atoms with van der Waals surface area (Å²) < 4.78 is 0. The summed E-state index contributed by atoms with van der Waals surface area (Å²) in [6, 6.07) is 7.40. The number of phenols is 1. The molecule has 27 heavy (non-hydrogen) atoms. The molecule has 4 rings (SSSR count). The van der Waals surface area contributed by atoms with Crippen LogP contribution in [-0.4, -0.2) is 46.2 Å². The number of fused-ring (bicyclic) bond motifs is 1. The summed E-state index contributed by atoms with van der Waals surface area (Å²) in [5.41, 5.74) is 2.12. The molecular formula is C20H24N4O2S. The SMILES string of the molecule is Cc1sc2nc(C(C)N3CCN(c4ccc(O)cc4)CC3)[nH]c(=O)c2c1C. The monoisotopic (exact) mass is 384 g/mol. The lowest BCUT2D eigenvalue weighted by atomic mass is 10.2. The topological polar surface area (TPSA) is 72.5 Å². The summed E-state index contributed by atoms with van der Waals surface area (Å²) in [6.07, 6.45) is 0. The molecule has 1 aliphatic heterocycles. The molecule has 0 radical (unpaired) electrons. The van der Waals surface area contributed by atoms with Crippen molar-refractivity contribution in [3.05, 3.63) is 50.9 Å². The number of thiophene rings is 1. The predicted molar refractivity (Wildman–Crippen MR) is 110 cm³/mol. The van der Waals surface area contributed by atoms with Gasteiger partial charge in [0, 0.05) is 36.7 Å². The number of nitrogens with zero attached hydrogens (tertiary/aromatic N) is 3. The Kier molecular flexibility index (Phi) is 4.65. The number of aromatic hydroxyl groups is 1. The number of aryl methyl sites for hydroxylation is 2. The molecule has 2 N–H and O–H groups in total. The number of anilines is 1. The van der Waals surface area contributed by atoms with Crippen LogP contribution in [0.1, 0.15) is 29.2 Å².